The molecule has 0 spiro atoms. The van der Waals surface area contributed by atoms with Gasteiger partial charge in [0.1, 0.15) is 5.60 Å². The van der Waals surface area contributed by atoms with E-state index in [2.05, 4.69) is 14.9 Å². The molecule has 0 amide bonds. The van der Waals surface area contributed by atoms with Crippen LogP contribution in [0.4, 0.5) is 0 Å². The van der Waals surface area contributed by atoms with E-state index >= 15 is 0 Å². The van der Waals surface area contributed by atoms with E-state index in [1.54, 1.807) is 18.2 Å². The first-order valence-corrected chi connectivity index (χ1v) is 6.57. The third kappa shape index (κ3) is 3.59. The summed E-state index contributed by atoms with van der Waals surface area (Å²) in [6.07, 6.45) is 0.103. The van der Waals surface area contributed by atoms with Crippen LogP contribution in [0.5, 0.6) is 0 Å². The zero-order valence-electron chi connectivity index (χ0n) is 12.5. The molecular weight excluding hydrogens is 272 g/mol. The summed E-state index contributed by atoms with van der Waals surface area (Å²) < 4.78 is 9.94. The smallest absolute Gasteiger partial charge is 0.337 e. The Morgan fingerprint density at radius 3 is 2.62 bits per heavy atom. The fourth-order valence-electron chi connectivity index (χ4n) is 1.97. The largest absolute Gasteiger partial charge is 0.465 e. The molecule has 6 nitrogen and oxygen atoms in total. The summed E-state index contributed by atoms with van der Waals surface area (Å²) in [6, 6.07) is 5.00. The molecule has 1 aromatic carbocycles. The Labute approximate surface area is 122 Å². The zero-order chi connectivity index (χ0) is 15.6. The van der Waals surface area contributed by atoms with Crippen molar-refractivity contribution in [3.8, 4) is 0 Å². The van der Waals surface area contributed by atoms with Crippen molar-refractivity contribution in [2.75, 3.05) is 7.11 Å². The molecule has 0 aliphatic heterocycles. The van der Waals surface area contributed by atoms with Crippen LogP contribution in [0.3, 0.4) is 0 Å². The van der Waals surface area contributed by atoms with Crippen LogP contribution in [0, 0.1) is 0 Å². The van der Waals surface area contributed by atoms with Crippen molar-refractivity contribution in [2.24, 2.45) is 0 Å². The average molecular weight is 290 g/mol. The van der Waals surface area contributed by atoms with Gasteiger partial charge in [-0.1, -0.05) is 6.07 Å². The van der Waals surface area contributed by atoms with Gasteiger partial charge < -0.3 is 9.47 Å². The minimum atomic E-state index is -0.523. The van der Waals surface area contributed by atoms with E-state index in [-0.39, 0.29) is 12.4 Å². The van der Waals surface area contributed by atoms with Crippen LogP contribution in [-0.4, -0.2) is 34.8 Å². The van der Waals surface area contributed by atoms with Crippen molar-refractivity contribution < 1.29 is 19.1 Å². The standard InChI is InChI=1S/C15H18N2O4/c1-15(2,3)21-13(18)8-12-10-6-5-9(14(19)20-4)7-11(10)16-17-12/h5-7H,8H2,1-4H3,(H,16,17). The first-order chi connectivity index (χ1) is 9.80. The van der Waals surface area contributed by atoms with Gasteiger partial charge in [0.05, 0.1) is 30.3 Å². The third-order valence-corrected chi connectivity index (χ3v) is 2.80. The van der Waals surface area contributed by atoms with Gasteiger partial charge in [-0.05, 0) is 32.9 Å². The van der Waals surface area contributed by atoms with Gasteiger partial charge in [-0.25, -0.2) is 4.79 Å². The second kappa shape index (κ2) is 5.55. The zero-order valence-corrected chi connectivity index (χ0v) is 12.5. The molecule has 0 radical (unpaired) electrons. The van der Waals surface area contributed by atoms with Crippen molar-refractivity contribution >= 4 is 22.8 Å². The molecule has 2 rings (SSSR count). The molecule has 1 aromatic heterocycles. The third-order valence-electron chi connectivity index (χ3n) is 2.80. The lowest BCUT2D eigenvalue weighted by Crippen LogP contribution is -2.25. The van der Waals surface area contributed by atoms with Gasteiger partial charge in [0.2, 0.25) is 0 Å². The van der Waals surface area contributed by atoms with Crippen LogP contribution in [-0.2, 0) is 20.7 Å². The molecular formula is C15H18N2O4. The van der Waals surface area contributed by atoms with Crippen LogP contribution in [0.25, 0.3) is 10.9 Å². The van der Waals surface area contributed by atoms with Crippen molar-refractivity contribution in [2.45, 2.75) is 32.8 Å². The fraction of sp³-hybridized carbons (Fsp3) is 0.400. The van der Waals surface area contributed by atoms with Crippen LogP contribution in [0.2, 0.25) is 0 Å². The molecule has 0 unspecified atom stereocenters. The van der Waals surface area contributed by atoms with Gasteiger partial charge in [-0.2, -0.15) is 5.10 Å². The number of rotatable bonds is 3. The quantitative estimate of drug-likeness (QED) is 0.877. The van der Waals surface area contributed by atoms with Gasteiger partial charge in [-0.3, -0.25) is 9.89 Å². The maximum Gasteiger partial charge on any atom is 0.337 e. The minimum absolute atomic E-state index is 0.103. The molecule has 1 N–H and O–H groups in total. The van der Waals surface area contributed by atoms with Gasteiger partial charge >= 0.3 is 11.9 Å². The van der Waals surface area contributed by atoms with E-state index in [1.807, 2.05) is 20.8 Å². The molecule has 0 saturated carbocycles. The lowest BCUT2D eigenvalue weighted by Gasteiger charge is -2.19. The summed E-state index contributed by atoms with van der Waals surface area (Å²) in [5.74, 6) is -0.751. The summed E-state index contributed by atoms with van der Waals surface area (Å²) in [5, 5.41) is 7.70. The van der Waals surface area contributed by atoms with Gasteiger partial charge in [-0.15, -0.1) is 0 Å². The number of carbonyl (C=O) groups excluding carboxylic acids is 2. The second-order valence-electron chi connectivity index (χ2n) is 5.69. The van der Waals surface area contributed by atoms with Crippen LogP contribution in [0.1, 0.15) is 36.8 Å². The molecule has 0 aliphatic carbocycles. The first-order valence-electron chi connectivity index (χ1n) is 6.57. The number of nitrogens with one attached hydrogen (secondary N) is 1. The van der Waals surface area contributed by atoms with E-state index in [9.17, 15) is 9.59 Å². The first kappa shape index (κ1) is 15.0. The second-order valence-corrected chi connectivity index (χ2v) is 5.69. The average Bonchev–Trinajstić information content (AvgIpc) is 2.78. The van der Waals surface area contributed by atoms with E-state index in [0.717, 1.165) is 5.39 Å². The molecule has 1 heterocycles. The number of esters is 2. The molecule has 0 saturated heterocycles. The topological polar surface area (TPSA) is 81.3 Å². The Hall–Kier alpha value is -2.37. The SMILES string of the molecule is COC(=O)c1ccc2c(CC(=O)OC(C)(C)C)[nH]nc2c1. The molecule has 0 aliphatic rings. The van der Waals surface area contributed by atoms with Crippen LogP contribution < -0.4 is 0 Å². The molecule has 0 fully saturated rings. The highest BCUT2D eigenvalue weighted by Gasteiger charge is 2.19. The number of carbonyl (C=O) groups is 2. The highest BCUT2D eigenvalue weighted by Crippen LogP contribution is 2.19. The number of aromatic amines is 1. The number of hydrogen-bond donors (Lipinski definition) is 1. The highest BCUT2D eigenvalue weighted by atomic mass is 16.6. The summed E-state index contributed by atoms with van der Waals surface area (Å²) in [6.45, 7) is 5.45. The fourth-order valence-corrected chi connectivity index (χ4v) is 1.97. The highest BCUT2D eigenvalue weighted by molar-refractivity contribution is 5.95. The number of aromatic nitrogens is 2. The number of benzene rings is 1. The maximum absolute atomic E-state index is 11.8. The van der Waals surface area contributed by atoms with Crippen molar-refractivity contribution in [3.63, 3.8) is 0 Å². The van der Waals surface area contributed by atoms with Crippen molar-refractivity contribution in [1.82, 2.24) is 10.2 Å². The summed E-state index contributed by atoms with van der Waals surface area (Å²) >= 11 is 0. The van der Waals surface area contributed by atoms with Gasteiger partial charge in [0, 0.05) is 5.39 Å². The Morgan fingerprint density at radius 1 is 1.29 bits per heavy atom. The predicted octanol–water partition coefficient (Wildman–Crippen LogP) is 2.23. The molecule has 6 heteroatoms. The summed E-state index contributed by atoms with van der Waals surface area (Å²) in [5.41, 5.74) is 1.16. The molecule has 21 heavy (non-hydrogen) atoms. The van der Waals surface area contributed by atoms with E-state index in [0.29, 0.717) is 16.8 Å². The predicted molar refractivity (Wildman–Crippen MR) is 77.0 cm³/mol. The Balaban J connectivity index is 2.23. The number of nitrogens with zero attached hydrogens (tertiary/aromatic N) is 1. The number of hydrogen-bond acceptors (Lipinski definition) is 5. The molecule has 2 aromatic rings. The summed E-state index contributed by atoms with van der Waals surface area (Å²) in [4.78, 5) is 23.3. The van der Waals surface area contributed by atoms with E-state index in [4.69, 9.17) is 4.74 Å². The number of ether oxygens (including phenoxy) is 2. The Bertz CT molecular complexity index is 683. The van der Waals surface area contributed by atoms with Crippen LogP contribution >= 0.6 is 0 Å². The number of methoxy groups -OCH3 is 1. The van der Waals surface area contributed by atoms with Crippen molar-refractivity contribution in [1.29, 1.82) is 0 Å². The van der Waals surface area contributed by atoms with Gasteiger partial charge in [0.25, 0.3) is 0 Å². The van der Waals surface area contributed by atoms with E-state index in [1.165, 1.54) is 7.11 Å². The minimum Gasteiger partial charge on any atom is -0.465 e. The molecule has 0 atom stereocenters. The summed E-state index contributed by atoms with van der Waals surface area (Å²) in [7, 11) is 1.32. The van der Waals surface area contributed by atoms with Crippen molar-refractivity contribution in [3.05, 3.63) is 29.5 Å². The normalized spacial score (nSPS) is 11.4. The lowest BCUT2D eigenvalue weighted by molar-refractivity contribution is -0.153. The number of H-pyrrole nitrogens is 1. The molecule has 112 valence electrons. The maximum atomic E-state index is 11.8. The van der Waals surface area contributed by atoms with Gasteiger partial charge in [0.15, 0.2) is 0 Å². The lowest BCUT2D eigenvalue weighted by atomic mass is 10.1. The van der Waals surface area contributed by atoms with Crippen LogP contribution in [0.15, 0.2) is 18.2 Å². The Kier molecular flexibility index (Phi) is 3.97. The number of fused-ring (bicyclic) bond motifs is 1. The van der Waals surface area contributed by atoms with E-state index < -0.39 is 11.6 Å². The molecule has 0 bridgehead atoms. The monoisotopic (exact) mass is 290 g/mol. The Morgan fingerprint density at radius 2 is 2.00 bits per heavy atom.